The Kier molecular flexibility index (Phi) is 28.6. The predicted molar refractivity (Wildman–Crippen MR) is 429 cm³/mol. The molecular weight excluding hydrogens is 1750 g/mol. The SMILES string of the molecule is CC(c1ccccn1)C1COc2cc(-c3cc(F)ccc3NS(=O)(=O)C(F)(F)F)ccc2[C@H]1O.C[C@@H](c1ccccn1)[C@@H]1COc2cc(-c3cc(F)ccc3NS(=O)(=O)C(F)(F)F)ccc2[C@H]1O.C[C@H](c1ccccn1)[C@H]1COc2cc(-c3cc(F)ccc3NS(=O)(=O)C(F)(F)F)ccc2[C@H]1O.O=C1CCOc2cc(Br)ccc21.O=Cc1ccccn1. The Hall–Kier alpha value is -11.6. The molecule has 0 aliphatic carbocycles. The van der Waals surface area contributed by atoms with Crippen LogP contribution in [0.4, 0.5) is 69.7 Å². The number of aliphatic hydroxyl groups excluding tert-OH is 3. The average Bonchev–Trinajstić information content (AvgIpc) is 0.777. The molecule has 9 atom stereocenters. The number of nitrogens with zero attached hydrogens (tertiary/aromatic N) is 4. The maximum Gasteiger partial charge on any atom is 0.516 e. The summed E-state index contributed by atoms with van der Waals surface area (Å²) in [6.07, 6.45) is 5.04. The van der Waals surface area contributed by atoms with Crippen LogP contribution in [0.25, 0.3) is 33.4 Å². The third-order valence-electron chi connectivity index (χ3n) is 20.1. The number of pyridine rings is 4. The smallest absolute Gasteiger partial charge is 0.493 e. The fraction of sp³-hybridized carbons (Fsp3) is 0.238. The molecule has 8 heterocycles. The summed E-state index contributed by atoms with van der Waals surface area (Å²) >= 11 is 3.32. The van der Waals surface area contributed by atoms with E-state index in [0.29, 0.717) is 46.7 Å². The second-order valence-corrected chi connectivity index (χ2v) is 33.8. The number of carbonyl (C=O) groups is 2. The van der Waals surface area contributed by atoms with E-state index in [-0.39, 0.29) is 112 Å². The minimum atomic E-state index is -5.71. The minimum Gasteiger partial charge on any atom is -0.493 e. The summed E-state index contributed by atoms with van der Waals surface area (Å²) in [5.41, 5.74) is -12.8. The third kappa shape index (κ3) is 21.7. The Morgan fingerprint density at radius 1 is 0.410 bits per heavy atom. The van der Waals surface area contributed by atoms with Gasteiger partial charge < -0.3 is 34.3 Å². The van der Waals surface area contributed by atoms with Crippen molar-refractivity contribution in [3.05, 3.63) is 292 Å². The zero-order valence-electron chi connectivity index (χ0n) is 63.8. The molecule has 0 bridgehead atoms. The molecule has 4 aliphatic rings. The number of carbonyl (C=O) groups excluding carboxylic acids is 2. The number of hydrogen-bond acceptors (Lipinski definition) is 19. The second kappa shape index (κ2) is 38.3. The number of benzene rings is 7. The van der Waals surface area contributed by atoms with E-state index in [9.17, 15) is 103 Å². The monoisotopic (exact) mass is 1820 g/mol. The molecular formula is C84H72BrF12N7O15S3. The van der Waals surface area contributed by atoms with E-state index in [4.69, 9.17) is 18.9 Å². The standard InChI is InChI=1S/3C23H20F4N2O4S.C9H7BrO2.C6H5NO/c3*1-13(19-4-2-3-9-28-19)18-12-33-21-10-14(5-7-16(21)22(18)30)17-11-15(24)6-8-20(17)29-34(31,32)23(25,26)27;10-6-1-2-7-8(11)3-4-12-9(7)5-6;8-5-6-3-1-2-4-7-6/h3*2-11,13,18,22,29-30H,12H2,1H3;1-2,5H,3-4H2;1-5H/t13?,18?,22-;13-,18+,22+;13-,18+,22-;;/m101../s1. The van der Waals surface area contributed by atoms with Crippen molar-refractivity contribution in [3.63, 3.8) is 0 Å². The van der Waals surface area contributed by atoms with Crippen molar-refractivity contribution in [2.24, 2.45) is 17.8 Å². The number of aromatic nitrogens is 4. The van der Waals surface area contributed by atoms with Crippen molar-refractivity contribution in [2.45, 2.75) is 79.8 Å². The van der Waals surface area contributed by atoms with Crippen molar-refractivity contribution >= 4 is 75.1 Å². The number of rotatable bonds is 16. The molecule has 4 aliphatic heterocycles. The van der Waals surface area contributed by atoms with E-state index in [0.717, 1.165) is 82.4 Å². The number of alkyl halides is 9. The minimum absolute atomic E-state index is 0.113. The van der Waals surface area contributed by atoms with Crippen LogP contribution >= 0.6 is 15.9 Å². The largest absolute Gasteiger partial charge is 0.516 e. The van der Waals surface area contributed by atoms with Crippen LogP contribution in [-0.4, -0.2) is 116 Å². The van der Waals surface area contributed by atoms with Gasteiger partial charge in [-0.05, 0) is 156 Å². The Morgan fingerprint density at radius 3 is 1.02 bits per heavy atom. The second-order valence-electron chi connectivity index (χ2n) is 27.9. The molecule has 15 rings (SSSR count). The van der Waals surface area contributed by atoms with Gasteiger partial charge in [-0.2, -0.15) is 64.8 Å². The van der Waals surface area contributed by atoms with Gasteiger partial charge in [0.2, 0.25) is 0 Å². The summed E-state index contributed by atoms with van der Waals surface area (Å²) in [6, 6.07) is 48.4. The number of hydrogen-bond donors (Lipinski definition) is 6. The van der Waals surface area contributed by atoms with E-state index in [2.05, 4.69) is 35.9 Å². The zero-order valence-corrected chi connectivity index (χ0v) is 67.9. The summed E-state index contributed by atoms with van der Waals surface area (Å²) in [5.74, 6) is -1.96. The van der Waals surface area contributed by atoms with Crippen molar-refractivity contribution < 1.29 is 122 Å². The van der Waals surface area contributed by atoms with Gasteiger partial charge >= 0.3 is 46.6 Å². The maximum atomic E-state index is 13.9. The Labute approximate surface area is 699 Å². The number of fused-ring (bicyclic) bond motifs is 4. The summed E-state index contributed by atoms with van der Waals surface area (Å²) in [6.45, 7) is 6.70. The lowest BCUT2D eigenvalue weighted by atomic mass is 9.82. The molecule has 7 aromatic carbocycles. The first-order valence-electron chi connectivity index (χ1n) is 36.7. The highest BCUT2D eigenvalue weighted by Crippen LogP contribution is 2.49. The maximum absolute atomic E-state index is 13.9. The van der Waals surface area contributed by atoms with Gasteiger partial charge in [0.15, 0.2) is 12.1 Å². The summed E-state index contributed by atoms with van der Waals surface area (Å²) in [5, 5.41) is 32.9. The fourth-order valence-electron chi connectivity index (χ4n) is 13.4. The van der Waals surface area contributed by atoms with Crippen LogP contribution in [0.5, 0.6) is 23.0 Å². The van der Waals surface area contributed by atoms with Crippen molar-refractivity contribution in [1.82, 2.24) is 19.9 Å². The molecule has 0 spiro atoms. The number of aldehydes is 1. The highest BCUT2D eigenvalue weighted by Gasteiger charge is 2.49. The molecule has 0 radical (unpaired) electrons. The van der Waals surface area contributed by atoms with Gasteiger partial charge in [0, 0.05) is 122 Å². The highest BCUT2D eigenvalue weighted by molar-refractivity contribution is 9.10. The molecule has 38 heteroatoms. The van der Waals surface area contributed by atoms with Gasteiger partial charge in [-0.15, -0.1) is 0 Å². The van der Waals surface area contributed by atoms with E-state index >= 15 is 0 Å². The first-order chi connectivity index (χ1) is 57.6. The summed E-state index contributed by atoms with van der Waals surface area (Å²) < 4.78 is 255. The van der Waals surface area contributed by atoms with Crippen LogP contribution in [0.1, 0.15) is 118 Å². The Bertz CT molecular complexity index is 5450. The Balaban J connectivity index is 0.000000159. The van der Waals surface area contributed by atoms with Crippen LogP contribution in [0, 0.1) is 35.2 Å². The zero-order chi connectivity index (χ0) is 88.4. The van der Waals surface area contributed by atoms with Gasteiger partial charge in [-0.3, -0.25) is 43.7 Å². The third-order valence-corrected chi connectivity index (χ3v) is 23.8. The molecule has 22 nitrogen and oxygen atoms in total. The van der Waals surface area contributed by atoms with E-state index in [1.54, 1.807) is 67.3 Å². The lowest BCUT2D eigenvalue weighted by Crippen LogP contribution is -2.30. The number of halogens is 13. The van der Waals surface area contributed by atoms with E-state index in [1.165, 1.54) is 68.8 Å². The normalized spacial score (nSPS) is 18.0. The van der Waals surface area contributed by atoms with Gasteiger partial charge in [0.05, 0.1) is 67.4 Å². The van der Waals surface area contributed by atoms with Crippen LogP contribution < -0.4 is 33.1 Å². The number of anilines is 3. The molecule has 2 unspecified atom stereocenters. The fourth-order valence-corrected chi connectivity index (χ4v) is 15.5. The van der Waals surface area contributed by atoms with Gasteiger partial charge in [0.25, 0.3) is 0 Å². The summed E-state index contributed by atoms with van der Waals surface area (Å²) in [7, 11) is -17.1. The number of ether oxygens (including phenoxy) is 4. The number of aliphatic hydroxyl groups is 3. The lowest BCUT2D eigenvalue weighted by Gasteiger charge is -2.34. The molecule has 6 N–H and O–H groups in total. The average molecular weight is 1820 g/mol. The van der Waals surface area contributed by atoms with Crippen LogP contribution in [-0.2, 0) is 30.1 Å². The Morgan fingerprint density at radius 2 is 0.738 bits per heavy atom. The quantitative estimate of drug-likeness (QED) is 0.0387. The van der Waals surface area contributed by atoms with Crippen molar-refractivity contribution in [3.8, 4) is 56.4 Å². The lowest BCUT2D eigenvalue weighted by molar-refractivity contribution is -0.0435. The van der Waals surface area contributed by atoms with Crippen LogP contribution in [0.3, 0.4) is 0 Å². The highest BCUT2D eigenvalue weighted by atomic mass is 79.9. The molecule has 0 fully saturated rings. The molecule has 0 saturated carbocycles. The number of ketones is 1. The topological polar surface area (TPSA) is 322 Å². The van der Waals surface area contributed by atoms with Crippen LogP contribution in [0.15, 0.2) is 229 Å². The summed E-state index contributed by atoms with van der Waals surface area (Å²) in [4.78, 5) is 37.9. The van der Waals surface area contributed by atoms with E-state index < -0.39 is 99.4 Å². The molecule has 642 valence electrons. The van der Waals surface area contributed by atoms with Gasteiger partial charge in [-0.1, -0.05) is 97.4 Å². The first kappa shape index (κ1) is 91.2. The van der Waals surface area contributed by atoms with Crippen LogP contribution in [0.2, 0.25) is 0 Å². The first-order valence-corrected chi connectivity index (χ1v) is 41.9. The van der Waals surface area contributed by atoms with Crippen molar-refractivity contribution in [1.29, 1.82) is 0 Å². The van der Waals surface area contributed by atoms with Gasteiger partial charge in [-0.25, -0.2) is 13.2 Å². The molecule has 122 heavy (non-hydrogen) atoms. The number of sulfonamides is 3. The molecule has 11 aromatic rings. The molecule has 4 aromatic heterocycles. The van der Waals surface area contributed by atoms with E-state index in [1.807, 2.05) is 69.3 Å². The van der Waals surface area contributed by atoms with Gasteiger partial charge in [0.1, 0.15) is 46.1 Å². The van der Waals surface area contributed by atoms with Crippen molar-refractivity contribution in [2.75, 3.05) is 40.6 Å². The number of nitrogens with one attached hydrogen (secondary N) is 3. The number of Topliss-reactive ketones (excluding diaryl/α,β-unsaturated/α-hetero) is 1. The predicted octanol–water partition coefficient (Wildman–Crippen LogP) is 18.3. The molecule has 0 amide bonds. The molecule has 0 saturated heterocycles.